The van der Waals surface area contributed by atoms with Crippen LogP contribution in [0.3, 0.4) is 0 Å². The number of benzene rings is 1. The number of carbonyl (C=O) groups excluding carboxylic acids is 7. The average Bonchev–Trinajstić information content (AvgIpc) is 3.77. The van der Waals surface area contributed by atoms with Crippen molar-refractivity contribution in [1.29, 1.82) is 0 Å². The van der Waals surface area contributed by atoms with E-state index in [0.29, 0.717) is 63.7 Å². The Kier molecular flexibility index (Phi) is 13.2. The van der Waals surface area contributed by atoms with Gasteiger partial charge in [-0.1, -0.05) is 24.3 Å². The number of fused-ring (bicyclic) bond motifs is 2. The zero-order valence-electron chi connectivity index (χ0n) is 36.4. The molecular formula is C46H58N8O8. The second kappa shape index (κ2) is 18.6. The summed E-state index contributed by atoms with van der Waals surface area (Å²) >= 11 is 0. The first-order valence-electron chi connectivity index (χ1n) is 21.8. The van der Waals surface area contributed by atoms with Gasteiger partial charge in [0, 0.05) is 106 Å². The number of amides is 7. The van der Waals surface area contributed by atoms with Crippen molar-refractivity contribution in [2.24, 2.45) is 0 Å². The fourth-order valence-corrected chi connectivity index (χ4v) is 9.27. The maximum absolute atomic E-state index is 14.4. The monoisotopic (exact) mass is 850 g/mol. The molecular weight excluding hydrogens is 793 g/mol. The number of anilines is 1. The SMILES string of the molecule is CN(C)c1ccncc1C1CN(C(=O)[C@@H]2CC[C@@H]3CCN(C(=O)CCCCCC#Cc4cccc5c4CN(C4CCC(=O)NC4=O)C5=O)C[C@H](NC(=O)OC(C)(C)C)C(=O)N32)C1. The molecule has 16 nitrogen and oxygen atoms in total. The summed E-state index contributed by atoms with van der Waals surface area (Å²) in [4.78, 5) is 106. The number of hydrogen-bond acceptors (Lipinski definition) is 10. The molecule has 4 saturated heterocycles. The van der Waals surface area contributed by atoms with Crippen LogP contribution in [0.1, 0.15) is 118 Å². The van der Waals surface area contributed by atoms with Gasteiger partial charge >= 0.3 is 6.09 Å². The van der Waals surface area contributed by atoms with Gasteiger partial charge in [0.25, 0.3) is 5.91 Å². The molecule has 6 heterocycles. The van der Waals surface area contributed by atoms with Crippen molar-refractivity contribution in [2.45, 2.75) is 127 Å². The largest absolute Gasteiger partial charge is 0.444 e. The van der Waals surface area contributed by atoms with Gasteiger partial charge in [0.15, 0.2) is 0 Å². The van der Waals surface area contributed by atoms with Gasteiger partial charge in [-0.05, 0) is 83.1 Å². The first kappa shape index (κ1) is 44.1. The Bertz CT molecular complexity index is 2170. The molecule has 4 atom stereocenters. The van der Waals surface area contributed by atoms with Crippen LogP contribution in [0, 0.1) is 11.8 Å². The normalized spacial score (nSPS) is 22.7. The Labute approximate surface area is 363 Å². The van der Waals surface area contributed by atoms with Crippen LogP contribution in [0.4, 0.5) is 10.5 Å². The van der Waals surface area contributed by atoms with Crippen molar-refractivity contribution in [3.05, 3.63) is 58.9 Å². The Hall–Kier alpha value is -5.98. The van der Waals surface area contributed by atoms with Crippen LogP contribution < -0.4 is 15.5 Å². The first-order chi connectivity index (χ1) is 29.6. The highest BCUT2D eigenvalue weighted by Gasteiger charge is 2.48. The van der Waals surface area contributed by atoms with Gasteiger partial charge in [-0.15, -0.1) is 0 Å². The number of rotatable bonds is 10. The molecule has 0 aliphatic carbocycles. The summed E-state index contributed by atoms with van der Waals surface area (Å²) in [5.41, 5.74) is 3.36. The minimum absolute atomic E-state index is 0.0303. The minimum Gasteiger partial charge on any atom is -0.444 e. The van der Waals surface area contributed by atoms with Crippen LogP contribution in [-0.2, 0) is 35.3 Å². The van der Waals surface area contributed by atoms with Crippen molar-refractivity contribution in [3.63, 3.8) is 0 Å². The van der Waals surface area contributed by atoms with Gasteiger partial charge < -0.3 is 34.6 Å². The number of carbonyl (C=O) groups is 7. The summed E-state index contributed by atoms with van der Waals surface area (Å²) in [6.45, 7) is 6.89. The van der Waals surface area contributed by atoms with E-state index in [-0.39, 0.29) is 67.4 Å². The highest BCUT2D eigenvalue weighted by atomic mass is 16.6. The van der Waals surface area contributed by atoms with Gasteiger partial charge in [0.2, 0.25) is 29.5 Å². The van der Waals surface area contributed by atoms with E-state index in [2.05, 4.69) is 27.5 Å². The molecule has 62 heavy (non-hydrogen) atoms. The summed E-state index contributed by atoms with van der Waals surface area (Å²) in [6.07, 6.45) is 7.95. The summed E-state index contributed by atoms with van der Waals surface area (Å²) in [7, 11) is 3.96. The van der Waals surface area contributed by atoms with E-state index in [1.54, 1.807) is 48.9 Å². The van der Waals surface area contributed by atoms with Crippen LogP contribution in [-0.4, -0.2) is 136 Å². The Morgan fingerprint density at radius 2 is 1.76 bits per heavy atom. The van der Waals surface area contributed by atoms with Crippen LogP contribution >= 0.6 is 0 Å². The summed E-state index contributed by atoms with van der Waals surface area (Å²) in [5.74, 6) is 4.93. The number of hydrogen-bond donors (Lipinski definition) is 2. The molecule has 4 fully saturated rings. The molecule has 7 rings (SSSR count). The van der Waals surface area contributed by atoms with E-state index >= 15 is 0 Å². The highest BCUT2D eigenvalue weighted by molar-refractivity contribution is 6.05. The summed E-state index contributed by atoms with van der Waals surface area (Å²) in [5, 5.41) is 5.08. The fraction of sp³-hybridized carbons (Fsp3) is 0.565. The molecule has 330 valence electrons. The van der Waals surface area contributed by atoms with E-state index in [1.165, 1.54) is 4.90 Å². The van der Waals surface area contributed by atoms with Crippen molar-refractivity contribution >= 4 is 47.2 Å². The third kappa shape index (κ3) is 9.72. The topological polar surface area (TPSA) is 182 Å². The number of pyridine rings is 1. The quantitative estimate of drug-likeness (QED) is 0.205. The van der Waals surface area contributed by atoms with Crippen molar-refractivity contribution in [2.75, 3.05) is 45.2 Å². The lowest BCUT2D eigenvalue weighted by atomic mass is 9.90. The zero-order chi connectivity index (χ0) is 44.3. The maximum Gasteiger partial charge on any atom is 0.408 e. The molecule has 0 spiro atoms. The fourth-order valence-electron chi connectivity index (χ4n) is 9.27. The lowest BCUT2D eigenvalue weighted by Gasteiger charge is -2.44. The molecule has 5 aliphatic heterocycles. The molecule has 1 unspecified atom stereocenters. The highest BCUT2D eigenvalue weighted by Crippen LogP contribution is 2.37. The first-order valence-corrected chi connectivity index (χ1v) is 21.8. The number of alkyl carbamates (subject to hydrolysis) is 1. The van der Waals surface area contributed by atoms with E-state index in [9.17, 15) is 33.6 Å². The van der Waals surface area contributed by atoms with Crippen LogP contribution in [0.5, 0.6) is 0 Å². The van der Waals surface area contributed by atoms with Gasteiger partial charge in [-0.2, -0.15) is 0 Å². The van der Waals surface area contributed by atoms with Gasteiger partial charge in [-0.25, -0.2) is 4.79 Å². The molecule has 1 aromatic heterocycles. The maximum atomic E-state index is 14.4. The van der Waals surface area contributed by atoms with Crippen LogP contribution in [0.15, 0.2) is 36.7 Å². The Morgan fingerprint density at radius 3 is 2.50 bits per heavy atom. The van der Waals surface area contributed by atoms with Gasteiger partial charge in [0.1, 0.15) is 23.7 Å². The molecule has 16 heteroatoms. The molecule has 0 radical (unpaired) electrons. The Morgan fingerprint density at radius 1 is 0.968 bits per heavy atom. The van der Waals surface area contributed by atoms with Gasteiger partial charge in [0.05, 0.1) is 6.54 Å². The molecule has 0 saturated carbocycles. The molecule has 0 bridgehead atoms. The van der Waals surface area contributed by atoms with E-state index in [4.69, 9.17) is 4.74 Å². The lowest BCUT2D eigenvalue weighted by molar-refractivity contribution is -0.151. The van der Waals surface area contributed by atoms with Crippen LogP contribution in [0.2, 0.25) is 0 Å². The van der Waals surface area contributed by atoms with E-state index in [0.717, 1.165) is 35.2 Å². The molecule has 1 aromatic carbocycles. The van der Waals surface area contributed by atoms with Crippen molar-refractivity contribution in [3.8, 4) is 11.8 Å². The smallest absolute Gasteiger partial charge is 0.408 e. The zero-order valence-corrected chi connectivity index (χ0v) is 36.4. The third-order valence-corrected chi connectivity index (χ3v) is 12.5. The lowest BCUT2D eigenvalue weighted by Crippen LogP contribution is -2.62. The van der Waals surface area contributed by atoms with Crippen molar-refractivity contribution < 1.29 is 38.3 Å². The summed E-state index contributed by atoms with van der Waals surface area (Å²) < 4.78 is 5.53. The number of unbranched alkanes of at least 4 members (excludes halogenated alkanes) is 3. The number of piperidine rings is 1. The standard InChI is InChI=1S/C46H58N8O8/c1-46(2,3)62-45(61)48-35-28-51(23-21-31-16-17-38(54(31)43(35)59)44(60)52-25-30(26-52)33-24-47-22-20-36(33)50(4)5)40(56)15-10-8-6-7-9-12-29-13-11-14-32-34(29)27-53(42(32)58)37-18-19-39(55)49-41(37)57/h11,13-14,20,22,24,30-31,35,37-38H,6-8,10,15-19,21,23,25-28H2,1-5H3,(H,48,61)(H,49,55,57)/t31-,35+,37?,38+/m1/s1. The van der Waals surface area contributed by atoms with Crippen LogP contribution in [0.25, 0.3) is 0 Å². The predicted octanol–water partition coefficient (Wildman–Crippen LogP) is 3.32. The minimum atomic E-state index is -1.09. The average molecular weight is 851 g/mol. The number of imide groups is 1. The van der Waals surface area contributed by atoms with E-state index in [1.807, 2.05) is 42.2 Å². The number of ether oxygens (including phenoxy) is 1. The number of likely N-dealkylation sites (tertiary alicyclic amines) is 1. The molecule has 5 aliphatic rings. The third-order valence-electron chi connectivity index (χ3n) is 12.5. The second-order valence-corrected chi connectivity index (χ2v) is 18.2. The molecule has 7 amide bonds. The second-order valence-electron chi connectivity index (χ2n) is 18.2. The number of nitrogens with one attached hydrogen (secondary N) is 2. The molecule has 2 N–H and O–H groups in total. The molecule has 2 aromatic rings. The number of aromatic nitrogens is 1. The van der Waals surface area contributed by atoms with Crippen molar-refractivity contribution in [1.82, 2.24) is 35.2 Å². The summed E-state index contributed by atoms with van der Waals surface area (Å²) in [6, 6.07) is 4.66. The Balaban J connectivity index is 0.929. The van der Waals surface area contributed by atoms with Gasteiger partial charge in [-0.3, -0.25) is 39.1 Å². The van der Waals surface area contributed by atoms with E-state index < -0.39 is 35.7 Å². The number of nitrogens with zero attached hydrogens (tertiary/aromatic N) is 6. The predicted molar refractivity (Wildman–Crippen MR) is 228 cm³/mol.